The highest BCUT2D eigenvalue weighted by molar-refractivity contribution is 6.32. The standard InChI is InChI=1S/C15H17ClN4O2/c1-3-11-8-14(21)19-15(18-11)20-17-9-10-5-6-13(22-4-2)12(16)7-10/h5-9H,3-4H2,1-2H3,(H2,18,19,20,21)/b17-9-. The van der Waals surface area contributed by atoms with Gasteiger partial charge in [0.05, 0.1) is 17.8 Å². The summed E-state index contributed by atoms with van der Waals surface area (Å²) in [5.74, 6) is 0.938. The van der Waals surface area contributed by atoms with E-state index in [-0.39, 0.29) is 5.56 Å². The van der Waals surface area contributed by atoms with Gasteiger partial charge in [-0.05, 0) is 37.1 Å². The van der Waals surface area contributed by atoms with Crippen molar-refractivity contribution in [3.63, 3.8) is 0 Å². The quantitative estimate of drug-likeness (QED) is 0.633. The molecule has 22 heavy (non-hydrogen) atoms. The molecule has 7 heteroatoms. The maximum Gasteiger partial charge on any atom is 0.252 e. The van der Waals surface area contributed by atoms with E-state index in [0.717, 1.165) is 5.56 Å². The number of aryl methyl sites for hydroxylation is 1. The number of aromatic nitrogens is 2. The molecule has 1 heterocycles. The van der Waals surface area contributed by atoms with Gasteiger partial charge in [0.1, 0.15) is 5.75 Å². The summed E-state index contributed by atoms with van der Waals surface area (Å²) in [6, 6.07) is 6.82. The number of aromatic amines is 1. The van der Waals surface area contributed by atoms with Crippen molar-refractivity contribution in [2.75, 3.05) is 12.0 Å². The average Bonchev–Trinajstić information content (AvgIpc) is 2.49. The molecular weight excluding hydrogens is 304 g/mol. The molecule has 2 rings (SSSR count). The minimum atomic E-state index is -0.214. The molecule has 0 aliphatic rings. The van der Waals surface area contributed by atoms with E-state index in [1.165, 1.54) is 6.07 Å². The zero-order valence-corrected chi connectivity index (χ0v) is 13.1. The van der Waals surface area contributed by atoms with E-state index in [0.29, 0.717) is 35.4 Å². The van der Waals surface area contributed by atoms with Crippen molar-refractivity contribution in [3.05, 3.63) is 50.9 Å². The first-order valence-electron chi connectivity index (χ1n) is 6.94. The van der Waals surface area contributed by atoms with E-state index >= 15 is 0 Å². The third-order valence-electron chi connectivity index (χ3n) is 2.80. The monoisotopic (exact) mass is 320 g/mol. The average molecular weight is 321 g/mol. The highest BCUT2D eigenvalue weighted by Crippen LogP contribution is 2.24. The zero-order chi connectivity index (χ0) is 15.9. The van der Waals surface area contributed by atoms with Crippen molar-refractivity contribution in [1.82, 2.24) is 9.97 Å². The molecule has 1 aromatic carbocycles. The summed E-state index contributed by atoms with van der Waals surface area (Å²) >= 11 is 6.10. The second-order valence-electron chi connectivity index (χ2n) is 4.43. The summed E-state index contributed by atoms with van der Waals surface area (Å²) in [4.78, 5) is 18.2. The molecular formula is C15H17ClN4O2. The van der Waals surface area contributed by atoms with E-state index < -0.39 is 0 Å². The molecule has 2 aromatic rings. The first-order valence-corrected chi connectivity index (χ1v) is 7.31. The lowest BCUT2D eigenvalue weighted by Gasteiger charge is -2.05. The molecule has 0 atom stereocenters. The lowest BCUT2D eigenvalue weighted by molar-refractivity contribution is 0.340. The Bertz CT molecular complexity index is 728. The molecule has 0 aliphatic heterocycles. The number of nitrogens with one attached hydrogen (secondary N) is 2. The minimum absolute atomic E-state index is 0.214. The molecule has 0 bridgehead atoms. The summed E-state index contributed by atoms with van der Waals surface area (Å²) in [7, 11) is 0. The molecule has 0 saturated carbocycles. The molecule has 0 aliphatic carbocycles. The van der Waals surface area contributed by atoms with Gasteiger partial charge in [-0.2, -0.15) is 5.10 Å². The second-order valence-corrected chi connectivity index (χ2v) is 4.84. The minimum Gasteiger partial charge on any atom is -0.492 e. The maximum atomic E-state index is 11.4. The van der Waals surface area contributed by atoms with E-state index in [1.54, 1.807) is 18.3 Å². The van der Waals surface area contributed by atoms with Crippen LogP contribution in [0.5, 0.6) is 5.75 Å². The van der Waals surface area contributed by atoms with E-state index in [9.17, 15) is 4.79 Å². The summed E-state index contributed by atoms with van der Waals surface area (Å²) in [5.41, 5.74) is 3.98. The third kappa shape index (κ3) is 4.33. The highest BCUT2D eigenvalue weighted by atomic mass is 35.5. The van der Waals surface area contributed by atoms with Crippen LogP contribution in [0.3, 0.4) is 0 Å². The highest BCUT2D eigenvalue weighted by Gasteiger charge is 2.01. The van der Waals surface area contributed by atoms with Crippen molar-refractivity contribution in [3.8, 4) is 5.75 Å². The van der Waals surface area contributed by atoms with Crippen LogP contribution in [0.15, 0.2) is 34.2 Å². The van der Waals surface area contributed by atoms with E-state index in [4.69, 9.17) is 16.3 Å². The molecule has 0 radical (unpaired) electrons. The number of ether oxygens (including phenoxy) is 1. The molecule has 0 amide bonds. The van der Waals surface area contributed by atoms with Crippen molar-refractivity contribution in [1.29, 1.82) is 0 Å². The smallest absolute Gasteiger partial charge is 0.252 e. The third-order valence-corrected chi connectivity index (χ3v) is 3.09. The summed E-state index contributed by atoms with van der Waals surface area (Å²) in [6.45, 7) is 4.38. The number of hydrazone groups is 1. The molecule has 0 fully saturated rings. The SMILES string of the molecule is CCOc1ccc(/C=N\Nc2nc(CC)cc(=O)[nH]2)cc1Cl. The van der Waals surface area contributed by atoms with Gasteiger partial charge < -0.3 is 4.74 Å². The fraction of sp³-hybridized carbons (Fsp3) is 0.267. The van der Waals surface area contributed by atoms with Gasteiger partial charge in [0, 0.05) is 11.8 Å². The van der Waals surface area contributed by atoms with Gasteiger partial charge >= 0.3 is 0 Å². The Balaban J connectivity index is 2.08. The summed E-state index contributed by atoms with van der Waals surface area (Å²) in [6.07, 6.45) is 2.26. The number of rotatable bonds is 6. The van der Waals surface area contributed by atoms with Crippen LogP contribution >= 0.6 is 11.6 Å². The Kier molecular flexibility index (Phi) is 5.55. The van der Waals surface area contributed by atoms with Crippen molar-refractivity contribution >= 4 is 23.8 Å². The number of anilines is 1. The number of H-pyrrole nitrogens is 1. The van der Waals surface area contributed by atoms with Crippen molar-refractivity contribution in [2.45, 2.75) is 20.3 Å². The number of benzene rings is 1. The Morgan fingerprint density at radius 3 is 2.91 bits per heavy atom. The van der Waals surface area contributed by atoms with E-state index in [1.807, 2.05) is 19.9 Å². The topological polar surface area (TPSA) is 79.4 Å². The van der Waals surface area contributed by atoms with Gasteiger partial charge in [-0.1, -0.05) is 18.5 Å². The van der Waals surface area contributed by atoms with Crippen LogP contribution in [0.25, 0.3) is 0 Å². The zero-order valence-electron chi connectivity index (χ0n) is 12.4. The van der Waals surface area contributed by atoms with Crippen LogP contribution in [0.1, 0.15) is 25.1 Å². The Hall–Kier alpha value is -2.34. The Morgan fingerprint density at radius 2 is 2.23 bits per heavy atom. The number of halogens is 1. The van der Waals surface area contributed by atoms with Crippen LogP contribution < -0.4 is 15.7 Å². The van der Waals surface area contributed by atoms with Crippen LogP contribution in [0, 0.1) is 0 Å². The van der Waals surface area contributed by atoms with Gasteiger partial charge in [0.2, 0.25) is 5.95 Å². The van der Waals surface area contributed by atoms with Gasteiger partial charge in [0.15, 0.2) is 0 Å². The molecule has 1 aromatic heterocycles. The fourth-order valence-corrected chi connectivity index (χ4v) is 2.02. The normalized spacial score (nSPS) is 10.9. The first-order chi connectivity index (χ1) is 10.6. The summed E-state index contributed by atoms with van der Waals surface area (Å²) < 4.78 is 5.36. The lowest BCUT2D eigenvalue weighted by atomic mass is 10.2. The van der Waals surface area contributed by atoms with Crippen LogP contribution in [0.4, 0.5) is 5.95 Å². The van der Waals surface area contributed by atoms with Crippen LogP contribution in [0.2, 0.25) is 5.02 Å². The fourth-order valence-electron chi connectivity index (χ4n) is 1.78. The number of hydrogen-bond acceptors (Lipinski definition) is 5. The summed E-state index contributed by atoms with van der Waals surface area (Å²) in [5, 5.41) is 4.56. The van der Waals surface area contributed by atoms with Crippen molar-refractivity contribution < 1.29 is 4.74 Å². The molecule has 2 N–H and O–H groups in total. The van der Waals surface area contributed by atoms with Gasteiger partial charge in [-0.3, -0.25) is 9.78 Å². The second kappa shape index (κ2) is 7.61. The molecule has 0 saturated heterocycles. The molecule has 6 nitrogen and oxygen atoms in total. The van der Waals surface area contributed by atoms with Gasteiger partial charge in [0.25, 0.3) is 5.56 Å². The molecule has 0 spiro atoms. The van der Waals surface area contributed by atoms with Gasteiger partial charge in [-0.25, -0.2) is 10.4 Å². The first kappa shape index (κ1) is 16.0. The molecule has 0 unspecified atom stereocenters. The van der Waals surface area contributed by atoms with Gasteiger partial charge in [-0.15, -0.1) is 0 Å². The van der Waals surface area contributed by atoms with Crippen molar-refractivity contribution in [2.24, 2.45) is 5.10 Å². The van der Waals surface area contributed by atoms with E-state index in [2.05, 4.69) is 20.5 Å². The lowest BCUT2D eigenvalue weighted by Crippen LogP contribution is -2.11. The van der Waals surface area contributed by atoms with Crippen LogP contribution in [-0.2, 0) is 6.42 Å². The predicted octanol–water partition coefficient (Wildman–Crippen LogP) is 2.83. The number of hydrogen-bond donors (Lipinski definition) is 2. The van der Waals surface area contributed by atoms with Crippen LogP contribution in [-0.4, -0.2) is 22.8 Å². The number of nitrogens with zero attached hydrogens (tertiary/aromatic N) is 2. The Labute approximate surface area is 133 Å². The largest absolute Gasteiger partial charge is 0.492 e. The predicted molar refractivity (Wildman–Crippen MR) is 88.1 cm³/mol. The Morgan fingerprint density at radius 1 is 1.41 bits per heavy atom. The molecule has 116 valence electrons. The maximum absolute atomic E-state index is 11.4.